The van der Waals surface area contributed by atoms with Crippen LogP contribution in [-0.2, 0) is 10.8 Å². The van der Waals surface area contributed by atoms with Crippen molar-refractivity contribution in [3.63, 3.8) is 0 Å². The van der Waals surface area contributed by atoms with Gasteiger partial charge in [-0.2, -0.15) is 0 Å². The number of aryl methyl sites for hydroxylation is 1. The third-order valence-electron chi connectivity index (χ3n) is 6.41. The molecule has 3 aromatic rings. The van der Waals surface area contributed by atoms with Gasteiger partial charge in [0.05, 0.1) is 7.59 Å². The molecule has 4 rings (SSSR count). The highest BCUT2D eigenvalue weighted by Crippen LogP contribution is 2.36. The SMILES string of the molecule is CC1(O[Si](c2ccccc2)(c2ccccc2)[Si](C)(C)C)CCc2ccccc2C1=O. The largest absolute Gasteiger partial charge is 0.398 e. The first-order valence-electron chi connectivity index (χ1n) is 10.7. The lowest BCUT2D eigenvalue weighted by Crippen LogP contribution is -2.77. The van der Waals surface area contributed by atoms with E-state index >= 15 is 0 Å². The molecule has 4 heteroatoms. The van der Waals surface area contributed by atoms with Gasteiger partial charge in [0.25, 0.3) is 0 Å². The van der Waals surface area contributed by atoms with Crippen LogP contribution in [0, 0.1) is 0 Å². The topological polar surface area (TPSA) is 26.3 Å². The fourth-order valence-corrected chi connectivity index (χ4v) is 17.4. The van der Waals surface area contributed by atoms with Gasteiger partial charge < -0.3 is 4.43 Å². The normalized spacial score (nSPS) is 19.4. The van der Waals surface area contributed by atoms with Crippen LogP contribution < -0.4 is 10.4 Å². The van der Waals surface area contributed by atoms with E-state index in [9.17, 15) is 4.79 Å². The Labute approximate surface area is 181 Å². The summed E-state index contributed by atoms with van der Waals surface area (Å²) in [5, 5.41) is 2.53. The molecule has 0 saturated carbocycles. The zero-order valence-corrected chi connectivity index (χ0v) is 20.3. The summed E-state index contributed by atoms with van der Waals surface area (Å²) in [6, 6.07) is 29.4. The van der Waals surface area contributed by atoms with Crippen LogP contribution >= 0.6 is 0 Å². The minimum atomic E-state index is -2.65. The Kier molecular flexibility index (Phi) is 5.43. The molecule has 0 aliphatic heterocycles. The van der Waals surface area contributed by atoms with Gasteiger partial charge in [-0.25, -0.2) is 0 Å². The van der Waals surface area contributed by atoms with E-state index < -0.39 is 21.0 Å². The predicted molar refractivity (Wildman–Crippen MR) is 130 cm³/mol. The summed E-state index contributed by atoms with van der Waals surface area (Å²) in [6.45, 7) is 9.20. The Hall–Kier alpha value is -2.28. The van der Waals surface area contributed by atoms with Crippen molar-refractivity contribution in [2.24, 2.45) is 0 Å². The van der Waals surface area contributed by atoms with E-state index in [1.54, 1.807) is 0 Å². The molecular weight excluding hydrogens is 400 g/mol. The van der Waals surface area contributed by atoms with Crippen molar-refractivity contribution in [2.45, 2.75) is 45.0 Å². The summed E-state index contributed by atoms with van der Waals surface area (Å²) in [6.07, 6.45) is 1.60. The molecule has 0 aromatic heterocycles. The molecule has 1 aliphatic rings. The third kappa shape index (κ3) is 3.43. The van der Waals surface area contributed by atoms with Crippen LogP contribution in [0.2, 0.25) is 19.6 Å². The van der Waals surface area contributed by atoms with Gasteiger partial charge in [-0.1, -0.05) is 105 Å². The second-order valence-electron chi connectivity index (χ2n) is 9.48. The maximum absolute atomic E-state index is 13.7. The van der Waals surface area contributed by atoms with E-state index in [1.807, 2.05) is 25.1 Å². The molecule has 1 unspecified atom stereocenters. The highest BCUT2D eigenvalue weighted by molar-refractivity contribution is 7.48. The van der Waals surface area contributed by atoms with Crippen molar-refractivity contribution >= 4 is 31.6 Å². The van der Waals surface area contributed by atoms with Gasteiger partial charge in [0, 0.05) is 5.56 Å². The summed E-state index contributed by atoms with van der Waals surface area (Å²) >= 11 is 0. The highest BCUT2D eigenvalue weighted by atomic mass is 29.3. The molecule has 0 heterocycles. The van der Waals surface area contributed by atoms with E-state index in [0.717, 1.165) is 24.0 Å². The first kappa shape index (κ1) is 21.0. The van der Waals surface area contributed by atoms with Crippen molar-refractivity contribution < 1.29 is 9.22 Å². The summed E-state index contributed by atoms with van der Waals surface area (Å²) in [4.78, 5) is 13.7. The zero-order chi connectivity index (χ0) is 21.4. The third-order valence-corrected chi connectivity index (χ3v) is 19.9. The van der Waals surface area contributed by atoms with Crippen LogP contribution in [-0.4, -0.2) is 26.8 Å². The van der Waals surface area contributed by atoms with Crippen molar-refractivity contribution in [3.05, 3.63) is 96.1 Å². The molecule has 0 amide bonds. The molecular formula is C26H30O2Si2. The lowest BCUT2D eigenvalue weighted by atomic mass is 9.80. The van der Waals surface area contributed by atoms with Crippen LogP contribution in [0.3, 0.4) is 0 Å². The van der Waals surface area contributed by atoms with Crippen LogP contribution in [0.15, 0.2) is 84.9 Å². The number of ketones is 1. The summed E-state index contributed by atoms with van der Waals surface area (Å²) < 4.78 is 7.32. The van der Waals surface area contributed by atoms with Gasteiger partial charge in [-0.3, -0.25) is 4.79 Å². The molecule has 0 N–H and O–H groups in total. The standard InChI is InChI=1S/C26H30O2Si2/c1-26(20-19-21-13-11-12-18-24(21)25(26)27)28-30(29(2,3)4,22-14-7-5-8-15-22)23-16-9-6-10-17-23/h5-18H,19-20H2,1-4H3. The number of hydrogen-bond donors (Lipinski definition) is 0. The molecule has 0 radical (unpaired) electrons. The van der Waals surface area contributed by atoms with Crippen molar-refractivity contribution in [1.29, 1.82) is 0 Å². The minimum Gasteiger partial charge on any atom is -0.398 e. The lowest BCUT2D eigenvalue weighted by Gasteiger charge is -2.48. The molecule has 0 saturated heterocycles. The van der Waals surface area contributed by atoms with Gasteiger partial charge in [-0.05, 0) is 35.7 Å². The zero-order valence-electron chi connectivity index (χ0n) is 18.3. The number of carbonyl (C=O) groups is 1. The van der Waals surface area contributed by atoms with E-state index in [2.05, 4.69) is 86.4 Å². The van der Waals surface area contributed by atoms with Gasteiger partial charge in [0.2, 0.25) is 7.83 Å². The Balaban J connectivity index is 1.91. The number of hydrogen-bond acceptors (Lipinski definition) is 2. The Bertz CT molecular complexity index is 1000. The van der Waals surface area contributed by atoms with E-state index in [1.165, 1.54) is 10.4 Å². The van der Waals surface area contributed by atoms with Crippen molar-refractivity contribution in [1.82, 2.24) is 0 Å². The Morgan fingerprint density at radius 2 is 1.27 bits per heavy atom. The predicted octanol–water partition coefficient (Wildman–Crippen LogP) is 4.77. The average molecular weight is 431 g/mol. The molecule has 0 spiro atoms. The number of rotatable bonds is 5. The van der Waals surface area contributed by atoms with Crippen molar-refractivity contribution in [3.8, 4) is 0 Å². The van der Waals surface area contributed by atoms with Crippen LogP contribution in [0.25, 0.3) is 0 Å². The number of Topliss-reactive ketones (excluding diaryl/α,β-unsaturated/α-hetero) is 1. The van der Waals surface area contributed by atoms with Crippen LogP contribution in [0.5, 0.6) is 0 Å². The van der Waals surface area contributed by atoms with Crippen molar-refractivity contribution in [2.75, 3.05) is 0 Å². The van der Waals surface area contributed by atoms with Gasteiger partial charge in [0.1, 0.15) is 5.60 Å². The van der Waals surface area contributed by atoms with E-state index in [4.69, 9.17) is 4.43 Å². The summed E-state index contributed by atoms with van der Waals surface area (Å²) in [5.41, 5.74) is 1.15. The molecule has 154 valence electrons. The molecule has 3 aromatic carbocycles. The molecule has 2 nitrogen and oxygen atoms in total. The van der Waals surface area contributed by atoms with Gasteiger partial charge >= 0.3 is 0 Å². The molecule has 1 aliphatic carbocycles. The number of fused-ring (bicyclic) bond motifs is 1. The van der Waals surface area contributed by atoms with Gasteiger partial charge in [0.15, 0.2) is 5.78 Å². The smallest absolute Gasteiger partial charge is 0.241 e. The molecule has 0 bridgehead atoms. The maximum Gasteiger partial charge on any atom is 0.241 e. The maximum atomic E-state index is 13.7. The second kappa shape index (κ2) is 7.76. The monoisotopic (exact) mass is 430 g/mol. The van der Waals surface area contributed by atoms with Gasteiger partial charge in [-0.15, -0.1) is 0 Å². The molecule has 30 heavy (non-hydrogen) atoms. The molecule has 0 fully saturated rings. The number of benzene rings is 3. The first-order chi connectivity index (χ1) is 14.3. The summed E-state index contributed by atoms with van der Waals surface area (Å²) in [5.74, 6) is 0.131. The highest BCUT2D eigenvalue weighted by Gasteiger charge is 2.56. The van der Waals surface area contributed by atoms with E-state index in [-0.39, 0.29) is 5.78 Å². The first-order valence-corrected chi connectivity index (χ1v) is 17.1. The second-order valence-corrected chi connectivity index (χ2v) is 23.3. The van der Waals surface area contributed by atoms with Crippen LogP contribution in [0.4, 0.5) is 0 Å². The Morgan fingerprint density at radius 1 is 0.767 bits per heavy atom. The van der Waals surface area contributed by atoms with E-state index in [0.29, 0.717) is 0 Å². The fourth-order valence-electron chi connectivity index (χ4n) is 4.82. The Morgan fingerprint density at radius 3 is 1.80 bits per heavy atom. The lowest BCUT2D eigenvalue weighted by molar-refractivity contribution is 0.0454. The number of carbonyl (C=O) groups excluding carboxylic acids is 1. The minimum absolute atomic E-state index is 0.131. The molecule has 1 atom stereocenters. The van der Waals surface area contributed by atoms with Crippen LogP contribution in [0.1, 0.15) is 29.3 Å². The fraction of sp³-hybridized carbons (Fsp3) is 0.269. The quantitative estimate of drug-likeness (QED) is 0.545. The average Bonchev–Trinajstić information content (AvgIpc) is 2.75. The summed E-state index contributed by atoms with van der Waals surface area (Å²) in [7, 11) is -4.56.